The van der Waals surface area contributed by atoms with Gasteiger partial charge in [0.15, 0.2) is 0 Å². The lowest BCUT2D eigenvalue weighted by molar-refractivity contribution is 0.00860. The van der Waals surface area contributed by atoms with E-state index in [1.54, 1.807) is 14.2 Å². The zero-order valence-corrected chi connectivity index (χ0v) is 16.5. The van der Waals surface area contributed by atoms with Crippen LogP contribution >= 0.6 is 0 Å². The van der Waals surface area contributed by atoms with Crippen molar-refractivity contribution in [2.75, 3.05) is 53.3 Å². The van der Waals surface area contributed by atoms with Crippen LogP contribution < -0.4 is 9.47 Å². The number of ether oxygens (including phenoxy) is 2. The molecule has 0 aliphatic carbocycles. The Morgan fingerprint density at radius 1 is 1.27 bits per heavy atom. The topological polar surface area (TPSA) is 79.3 Å². The number of aliphatic hydroxyl groups excluding tert-OH is 1. The Labute approximate surface area is 155 Å². The van der Waals surface area contributed by atoms with Crippen LogP contribution in [0.5, 0.6) is 11.5 Å². The highest BCUT2D eigenvalue weighted by Gasteiger charge is 2.51. The number of fused-ring (bicyclic) bond motifs is 1. The van der Waals surface area contributed by atoms with E-state index in [0.29, 0.717) is 26.2 Å². The molecule has 2 heterocycles. The Balaban J connectivity index is 1.76. The van der Waals surface area contributed by atoms with Crippen LogP contribution in [0.15, 0.2) is 18.2 Å². The Morgan fingerprint density at radius 2 is 2.04 bits per heavy atom. The predicted octanol–water partition coefficient (Wildman–Crippen LogP) is 0.780. The molecule has 0 bridgehead atoms. The van der Waals surface area contributed by atoms with Crippen LogP contribution in [0.25, 0.3) is 0 Å². The third kappa shape index (κ3) is 3.69. The van der Waals surface area contributed by atoms with Crippen molar-refractivity contribution in [3.05, 3.63) is 23.8 Å². The van der Waals surface area contributed by atoms with Gasteiger partial charge in [-0.3, -0.25) is 4.90 Å². The smallest absolute Gasteiger partial charge is 0.211 e. The lowest BCUT2D eigenvalue weighted by Crippen LogP contribution is -2.50. The first-order valence-electron chi connectivity index (χ1n) is 8.80. The summed E-state index contributed by atoms with van der Waals surface area (Å²) >= 11 is 0. The first-order valence-corrected chi connectivity index (χ1v) is 10.7. The summed E-state index contributed by atoms with van der Waals surface area (Å²) in [6.45, 7) is 3.15. The fourth-order valence-electron chi connectivity index (χ4n) is 4.26. The number of likely N-dealkylation sites (tertiary alicyclic amines) is 1. The van der Waals surface area contributed by atoms with Crippen LogP contribution in [0.1, 0.15) is 12.0 Å². The summed E-state index contributed by atoms with van der Waals surface area (Å²) in [6, 6.07) is 5.77. The molecule has 2 saturated heterocycles. The van der Waals surface area contributed by atoms with Crippen LogP contribution in [0.4, 0.5) is 0 Å². The second-order valence-electron chi connectivity index (χ2n) is 7.45. The molecule has 1 aromatic rings. The second kappa shape index (κ2) is 7.34. The monoisotopic (exact) mass is 384 g/mol. The maximum absolute atomic E-state index is 12.0. The second-order valence-corrected chi connectivity index (χ2v) is 9.43. The number of sulfonamides is 1. The standard InChI is InChI=1S/C18H28N2O5S/c1-24-16-5-4-14(17(8-16)25-2)9-19-7-6-15-10-20(26(3,22)23)12-18(15,11-19)13-21/h4-5,8,15,21H,6-7,9-13H2,1-3H3/t15-,18+/m1/s1. The van der Waals surface area contributed by atoms with E-state index < -0.39 is 10.0 Å². The summed E-state index contributed by atoms with van der Waals surface area (Å²) in [5.41, 5.74) is 0.666. The summed E-state index contributed by atoms with van der Waals surface area (Å²) in [7, 11) is 0.0285. The Bertz CT molecular complexity index is 754. The highest BCUT2D eigenvalue weighted by molar-refractivity contribution is 7.88. The number of nitrogens with zero attached hydrogens (tertiary/aromatic N) is 2. The summed E-state index contributed by atoms with van der Waals surface area (Å²) in [4.78, 5) is 2.28. The molecule has 146 valence electrons. The maximum Gasteiger partial charge on any atom is 0.211 e. The van der Waals surface area contributed by atoms with Crippen molar-refractivity contribution in [1.29, 1.82) is 0 Å². The van der Waals surface area contributed by atoms with E-state index in [1.807, 2.05) is 18.2 Å². The number of piperidine rings is 1. The van der Waals surface area contributed by atoms with E-state index in [9.17, 15) is 13.5 Å². The minimum absolute atomic E-state index is 0.0000653. The molecule has 0 unspecified atom stereocenters. The van der Waals surface area contributed by atoms with Crippen molar-refractivity contribution in [3.8, 4) is 11.5 Å². The molecular weight excluding hydrogens is 356 g/mol. The molecule has 7 nitrogen and oxygen atoms in total. The molecule has 0 radical (unpaired) electrons. The molecule has 0 saturated carbocycles. The molecule has 2 fully saturated rings. The van der Waals surface area contributed by atoms with Gasteiger partial charge in [0.1, 0.15) is 11.5 Å². The lowest BCUT2D eigenvalue weighted by Gasteiger charge is -2.43. The minimum Gasteiger partial charge on any atom is -0.497 e. The Kier molecular flexibility index (Phi) is 5.48. The lowest BCUT2D eigenvalue weighted by atomic mass is 9.74. The van der Waals surface area contributed by atoms with E-state index >= 15 is 0 Å². The van der Waals surface area contributed by atoms with E-state index in [1.165, 1.54) is 10.6 Å². The van der Waals surface area contributed by atoms with E-state index in [4.69, 9.17) is 9.47 Å². The van der Waals surface area contributed by atoms with Gasteiger partial charge in [0.2, 0.25) is 10.0 Å². The van der Waals surface area contributed by atoms with Crippen LogP contribution in [0.2, 0.25) is 0 Å². The van der Waals surface area contributed by atoms with Crippen LogP contribution in [-0.4, -0.2) is 76.0 Å². The summed E-state index contributed by atoms with van der Waals surface area (Å²) in [5, 5.41) is 10.1. The van der Waals surface area contributed by atoms with Crippen molar-refractivity contribution >= 4 is 10.0 Å². The quantitative estimate of drug-likeness (QED) is 0.781. The molecule has 8 heteroatoms. The minimum atomic E-state index is -3.23. The fraction of sp³-hybridized carbons (Fsp3) is 0.667. The van der Waals surface area contributed by atoms with Gasteiger partial charge in [-0.25, -0.2) is 12.7 Å². The van der Waals surface area contributed by atoms with E-state index in [2.05, 4.69) is 4.90 Å². The van der Waals surface area contributed by atoms with Gasteiger partial charge in [0.25, 0.3) is 0 Å². The normalized spacial score (nSPS) is 27.3. The molecule has 0 aromatic heterocycles. The molecule has 2 aliphatic rings. The summed E-state index contributed by atoms with van der Waals surface area (Å²) < 4.78 is 36.2. The van der Waals surface area contributed by atoms with Crippen molar-refractivity contribution in [2.45, 2.75) is 13.0 Å². The van der Waals surface area contributed by atoms with Crippen LogP contribution in [0.3, 0.4) is 0 Å². The van der Waals surface area contributed by atoms with Gasteiger partial charge in [-0.05, 0) is 24.9 Å². The van der Waals surface area contributed by atoms with E-state index in [-0.39, 0.29) is 17.9 Å². The largest absolute Gasteiger partial charge is 0.497 e. The number of methoxy groups -OCH3 is 2. The van der Waals surface area contributed by atoms with Gasteiger partial charge >= 0.3 is 0 Å². The van der Waals surface area contributed by atoms with Crippen molar-refractivity contribution in [2.24, 2.45) is 11.3 Å². The average molecular weight is 384 g/mol. The van der Waals surface area contributed by atoms with Crippen molar-refractivity contribution in [1.82, 2.24) is 9.21 Å². The maximum atomic E-state index is 12.0. The molecule has 0 spiro atoms. The third-order valence-electron chi connectivity index (χ3n) is 5.79. The Morgan fingerprint density at radius 3 is 2.65 bits per heavy atom. The Hall–Kier alpha value is -1.35. The molecule has 3 rings (SSSR count). The third-order valence-corrected chi connectivity index (χ3v) is 7.00. The van der Waals surface area contributed by atoms with Crippen LogP contribution in [-0.2, 0) is 16.6 Å². The van der Waals surface area contributed by atoms with Gasteiger partial charge in [0, 0.05) is 43.2 Å². The van der Waals surface area contributed by atoms with Gasteiger partial charge < -0.3 is 14.6 Å². The van der Waals surface area contributed by atoms with Crippen LogP contribution in [0, 0.1) is 11.3 Å². The first-order chi connectivity index (χ1) is 12.3. The molecule has 2 aliphatic heterocycles. The predicted molar refractivity (Wildman–Crippen MR) is 98.9 cm³/mol. The number of hydrogen-bond acceptors (Lipinski definition) is 6. The van der Waals surface area contributed by atoms with E-state index in [0.717, 1.165) is 30.0 Å². The van der Waals surface area contributed by atoms with Gasteiger partial charge in [-0.1, -0.05) is 6.07 Å². The molecule has 1 aromatic carbocycles. The molecular formula is C18H28N2O5S. The zero-order valence-electron chi connectivity index (χ0n) is 15.6. The summed E-state index contributed by atoms with van der Waals surface area (Å²) in [6.07, 6.45) is 2.13. The average Bonchev–Trinajstić information content (AvgIpc) is 3.02. The van der Waals surface area contributed by atoms with Gasteiger partial charge in [-0.2, -0.15) is 0 Å². The highest BCUT2D eigenvalue weighted by atomic mass is 32.2. The molecule has 1 N–H and O–H groups in total. The number of rotatable bonds is 6. The first kappa shape index (κ1) is 19.4. The highest BCUT2D eigenvalue weighted by Crippen LogP contribution is 2.43. The number of aliphatic hydroxyl groups is 1. The fourth-order valence-corrected chi connectivity index (χ4v) is 5.21. The summed E-state index contributed by atoms with van der Waals surface area (Å²) in [5.74, 6) is 1.72. The molecule has 2 atom stereocenters. The SMILES string of the molecule is COc1ccc(CN2CC[C@@H]3CN(S(C)(=O)=O)C[C@]3(CO)C2)c(OC)c1. The van der Waals surface area contributed by atoms with Crippen molar-refractivity contribution in [3.63, 3.8) is 0 Å². The number of hydrogen-bond donors (Lipinski definition) is 1. The van der Waals surface area contributed by atoms with Gasteiger partial charge in [0.05, 0.1) is 27.1 Å². The van der Waals surface area contributed by atoms with Gasteiger partial charge in [-0.15, -0.1) is 0 Å². The van der Waals surface area contributed by atoms with Crippen molar-refractivity contribution < 1.29 is 23.0 Å². The zero-order chi connectivity index (χ0) is 18.9. The number of benzene rings is 1. The molecule has 0 amide bonds. The molecule has 26 heavy (non-hydrogen) atoms.